The van der Waals surface area contributed by atoms with Crippen molar-refractivity contribution < 1.29 is 27.4 Å². The van der Waals surface area contributed by atoms with Gasteiger partial charge < -0.3 is 19.5 Å². The Kier molecular flexibility index (Phi) is 7.61. The van der Waals surface area contributed by atoms with Gasteiger partial charge in [0.2, 0.25) is 0 Å². The van der Waals surface area contributed by atoms with E-state index in [-0.39, 0.29) is 23.3 Å². The molecule has 1 amide bonds. The first-order valence-corrected chi connectivity index (χ1v) is 12.7. The summed E-state index contributed by atoms with van der Waals surface area (Å²) in [5, 5.41) is 2.75. The minimum Gasteiger partial charge on any atom is -0.484 e. The number of hydrogen-bond donors (Lipinski definition) is 1. The van der Waals surface area contributed by atoms with Crippen LogP contribution in [0.3, 0.4) is 0 Å². The Bertz CT molecular complexity index is 1160. The molecule has 0 atom stereocenters. The summed E-state index contributed by atoms with van der Waals surface area (Å²) in [6.45, 7) is 1.58. The first kappa shape index (κ1) is 23.2. The molecule has 174 valence electrons. The van der Waals surface area contributed by atoms with E-state index in [0.717, 1.165) is 22.0 Å². The summed E-state index contributed by atoms with van der Waals surface area (Å²) in [4.78, 5) is 12.9. The van der Waals surface area contributed by atoms with Crippen LogP contribution in [0.5, 0.6) is 17.2 Å². The van der Waals surface area contributed by atoms with Crippen LogP contribution >= 0.6 is 11.3 Å². The number of thiophene rings is 1. The molecule has 4 rings (SSSR count). The Morgan fingerprint density at radius 2 is 1.61 bits per heavy atom. The Hall–Kier alpha value is -2.92. The summed E-state index contributed by atoms with van der Waals surface area (Å²) < 4.78 is 43.5. The quantitative estimate of drug-likeness (QED) is 0.497. The molecule has 1 aliphatic rings. The zero-order valence-electron chi connectivity index (χ0n) is 17.8. The van der Waals surface area contributed by atoms with E-state index in [9.17, 15) is 13.2 Å². The van der Waals surface area contributed by atoms with Crippen molar-refractivity contribution in [2.75, 3.05) is 32.9 Å². The molecule has 1 aliphatic heterocycles. The number of rotatable bonds is 9. The molecular formula is C23H24N2O6S2. The molecule has 1 aromatic heterocycles. The third kappa shape index (κ3) is 6.32. The first-order valence-electron chi connectivity index (χ1n) is 10.4. The van der Waals surface area contributed by atoms with Gasteiger partial charge in [-0.25, -0.2) is 8.42 Å². The number of para-hydroxylation sites is 1. The number of carbonyl (C=O) groups is 1. The number of amides is 1. The second-order valence-corrected chi connectivity index (χ2v) is 10.5. The normalized spacial score (nSPS) is 14.5. The number of hydrogen-bond acceptors (Lipinski definition) is 7. The van der Waals surface area contributed by atoms with Crippen LogP contribution in [-0.2, 0) is 26.1 Å². The predicted molar refractivity (Wildman–Crippen MR) is 124 cm³/mol. The summed E-state index contributed by atoms with van der Waals surface area (Å²) in [5.41, 5.74) is 0. The fraction of sp³-hybridized carbons (Fsp3) is 0.261. The van der Waals surface area contributed by atoms with Crippen LogP contribution in [0.4, 0.5) is 0 Å². The van der Waals surface area contributed by atoms with Crippen molar-refractivity contribution in [1.82, 2.24) is 9.62 Å². The highest BCUT2D eigenvalue weighted by Crippen LogP contribution is 2.26. The maximum absolute atomic E-state index is 12.7. The molecule has 1 N–H and O–H groups in total. The van der Waals surface area contributed by atoms with E-state index in [1.165, 1.54) is 4.31 Å². The molecule has 1 fully saturated rings. The molecule has 8 nitrogen and oxygen atoms in total. The Morgan fingerprint density at radius 3 is 2.33 bits per heavy atom. The van der Waals surface area contributed by atoms with Crippen molar-refractivity contribution in [2.45, 2.75) is 10.8 Å². The standard InChI is InChI=1S/C23H24N2O6S2/c26-22(17-30-18-6-8-20(9-7-18)31-19-4-2-1-3-5-19)24-16-21-10-11-23(32-21)33(27,28)25-12-14-29-15-13-25/h1-11H,12-17H2,(H,24,26). The first-order chi connectivity index (χ1) is 16.0. The second kappa shape index (κ2) is 10.8. The number of sulfonamides is 1. The SMILES string of the molecule is O=C(COc1ccc(Oc2ccccc2)cc1)NCc1ccc(S(=O)(=O)N2CCOCC2)s1. The third-order valence-electron chi connectivity index (χ3n) is 4.83. The lowest BCUT2D eigenvalue weighted by molar-refractivity contribution is -0.123. The van der Waals surface area contributed by atoms with Gasteiger partial charge in [0.25, 0.3) is 15.9 Å². The second-order valence-electron chi connectivity index (χ2n) is 7.19. The van der Waals surface area contributed by atoms with E-state index >= 15 is 0 Å². The highest BCUT2D eigenvalue weighted by Gasteiger charge is 2.27. The number of nitrogens with one attached hydrogen (secondary N) is 1. The van der Waals surface area contributed by atoms with Crippen LogP contribution in [0.15, 0.2) is 70.9 Å². The van der Waals surface area contributed by atoms with Crippen molar-refractivity contribution in [1.29, 1.82) is 0 Å². The fourth-order valence-corrected chi connectivity index (χ4v) is 5.98. The van der Waals surface area contributed by atoms with Crippen LogP contribution in [0, 0.1) is 0 Å². The van der Waals surface area contributed by atoms with E-state index in [2.05, 4.69) is 5.32 Å². The minimum atomic E-state index is -3.53. The maximum Gasteiger partial charge on any atom is 0.258 e. The van der Waals surface area contributed by atoms with Crippen molar-refractivity contribution >= 4 is 27.3 Å². The molecule has 0 bridgehead atoms. The number of benzene rings is 2. The lowest BCUT2D eigenvalue weighted by atomic mass is 10.3. The number of ether oxygens (including phenoxy) is 3. The largest absolute Gasteiger partial charge is 0.484 e. The number of nitrogens with zero attached hydrogens (tertiary/aromatic N) is 1. The fourth-order valence-electron chi connectivity index (χ4n) is 3.12. The summed E-state index contributed by atoms with van der Waals surface area (Å²) in [7, 11) is -3.53. The summed E-state index contributed by atoms with van der Waals surface area (Å²) >= 11 is 1.15. The molecule has 2 aromatic carbocycles. The van der Waals surface area contributed by atoms with E-state index in [1.54, 1.807) is 36.4 Å². The van der Waals surface area contributed by atoms with E-state index in [4.69, 9.17) is 14.2 Å². The average Bonchev–Trinajstić information content (AvgIpc) is 3.34. The van der Waals surface area contributed by atoms with Gasteiger partial charge in [0.05, 0.1) is 19.8 Å². The molecule has 3 aromatic rings. The van der Waals surface area contributed by atoms with Crippen LogP contribution < -0.4 is 14.8 Å². The molecule has 1 saturated heterocycles. The molecule has 0 aliphatic carbocycles. The van der Waals surface area contributed by atoms with E-state index < -0.39 is 10.0 Å². The van der Waals surface area contributed by atoms with Crippen LogP contribution in [0.25, 0.3) is 0 Å². The predicted octanol–water partition coefficient (Wildman–Crippen LogP) is 3.26. The third-order valence-corrected chi connectivity index (χ3v) is 8.28. The van der Waals surface area contributed by atoms with Gasteiger partial charge in [-0.1, -0.05) is 18.2 Å². The Balaban J connectivity index is 1.23. The van der Waals surface area contributed by atoms with Crippen LogP contribution in [0.2, 0.25) is 0 Å². The van der Waals surface area contributed by atoms with Gasteiger partial charge in [-0.3, -0.25) is 4.79 Å². The van der Waals surface area contributed by atoms with E-state index in [1.807, 2.05) is 30.3 Å². The monoisotopic (exact) mass is 488 g/mol. The van der Waals surface area contributed by atoms with Gasteiger partial charge in [0, 0.05) is 18.0 Å². The van der Waals surface area contributed by atoms with E-state index in [0.29, 0.717) is 37.8 Å². The van der Waals surface area contributed by atoms with Gasteiger partial charge in [-0.05, 0) is 48.5 Å². The average molecular weight is 489 g/mol. The topological polar surface area (TPSA) is 94.2 Å². The maximum atomic E-state index is 12.7. The molecule has 2 heterocycles. The Morgan fingerprint density at radius 1 is 0.939 bits per heavy atom. The van der Waals surface area contributed by atoms with Crippen LogP contribution in [-0.4, -0.2) is 51.5 Å². The number of carbonyl (C=O) groups excluding carboxylic acids is 1. The van der Waals surface area contributed by atoms with Gasteiger partial charge in [0.15, 0.2) is 6.61 Å². The number of morpholine rings is 1. The molecule has 0 saturated carbocycles. The van der Waals surface area contributed by atoms with Crippen molar-refractivity contribution in [3.8, 4) is 17.2 Å². The minimum absolute atomic E-state index is 0.150. The van der Waals surface area contributed by atoms with Crippen molar-refractivity contribution in [2.24, 2.45) is 0 Å². The van der Waals surface area contributed by atoms with Gasteiger partial charge >= 0.3 is 0 Å². The summed E-state index contributed by atoms with van der Waals surface area (Å²) in [5.74, 6) is 1.64. The lowest BCUT2D eigenvalue weighted by Gasteiger charge is -2.25. The molecule has 0 unspecified atom stereocenters. The molecule has 10 heteroatoms. The Labute approximate surface area is 196 Å². The zero-order chi connectivity index (χ0) is 23.1. The highest BCUT2D eigenvalue weighted by atomic mass is 32.2. The van der Waals surface area contributed by atoms with Crippen molar-refractivity contribution in [3.05, 3.63) is 71.6 Å². The molecular weight excluding hydrogens is 464 g/mol. The summed E-state index contributed by atoms with van der Waals surface area (Å²) in [6.07, 6.45) is 0. The smallest absolute Gasteiger partial charge is 0.258 e. The van der Waals surface area contributed by atoms with Gasteiger partial charge in [-0.2, -0.15) is 4.31 Å². The molecule has 0 spiro atoms. The zero-order valence-corrected chi connectivity index (χ0v) is 19.4. The summed E-state index contributed by atoms with van der Waals surface area (Å²) in [6, 6.07) is 19.7. The molecule has 33 heavy (non-hydrogen) atoms. The van der Waals surface area contributed by atoms with Crippen molar-refractivity contribution in [3.63, 3.8) is 0 Å². The van der Waals surface area contributed by atoms with Gasteiger partial charge in [0.1, 0.15) is 21.5 Å². The van der Waals surface area contributed by atoms with Crippen LogP contribution in [0.1, 0.15) is 4.88 Å². The highest BCUT2D eigenvalue weighted by molar-refractivity contribution is 7.91. The van der Waals surface area contributed by atoms with Gasteiger partial charge in [-0.15, -0.1) is 11.3 Å². The lowest BCUT2D eigenvalue weighted by Crippen LogP contribution is -2.40. The molecule has 0 radical (unpaired) electrons.